The SMILES string of the molecule is O=C(C[C@H]1CC[C@H]2[C@@H](COC[C@@H](O)CN2C(=O)c2ccc3c(c2)OCO3)O1)NCCN1CCCC1. The van der Waals surface area contributed by atoms with E-state index in [0.717, 1.165) is 19.6 Å². The number of fused-ring (bicyclic) bond motifs is 2. The van der Waals surface area contributed by atoms with Crippen LogP contribution in [0.15, 0.2) is 18.2 Å². The quantitative estimate of drug-likeness (QED) is 0.603. The fraction of sp³-hybridized carbons (Fsp3) is 0.680. The maximum absolute atomic E-state index is 13.5. The molecule has 4 aliphatic rings. The number of carbonyl (C=O) groups is 2. The number of ether oxygens (including phenoxy) is 4. The summed E-state index contributed by atoms with van der Waals surface area (Å²) in [4.78, 5) is 30.1. The predicted octanol–water partition coefficient (Wildman–Crippen LogP) is 0.767. The van der Waals surface area contributed by atoms with E-state index in [9.17, 15) is 14.7 Å². The molecule has 10 nitrogen and oxygen atoms in total. The van der Waals surface area contributed by atoms with Crippen molar-refractivity contribution < 1.29 is 33.6 Å². The lowest BCUT2D eigenvalue weighted by molar-refractivity contribution is -0.150. The van der Waals surface area contributed by atoms with Crippen molar-refractivity contribution in [1.29, 1.82) is 0 Å². The van der Waals surface area contributed by atoms with E-state index < -0.39 is 6.10 Å². The fourth-order valence-corrected chi connectivity index (χ4v) is 5.41. The molecule has 5 rings (SSSR count). The standard InChI is InChI=1S/C25H35N3O7/c29-18-13-28(25(31)17-3-6-21-22(11-17)34-16-33-21)20-5-4-19(35-23(20)15-32-14-18)12-24(30)26-7-10-27-8-1-2-9-27/h3,6,11,18-20,23,29H,1-2,4-5,7-10,12-16H2,(H,26,30)/t18-,19+,20-,23+/m0/s1. The Morgan fingerprint density at radius 1 is 1.09 bits per heavy atom. The van der Waals surface area contributed by atoms with E-state index in [1.54, 1.807) is 23.1 Å². The van der Waals surface area contributed by atoms with E-state index in [1.165, 1.54) is 12.8 Å². The molecule has 0 saturated carbocycles. The Labute approximate surface area is 205 Å². The molecule has 1 aromatic rings. The van der Waals surface area contributed by atoms with Crippen LogP contribution in [-0.4, -0.2) is 104 Å². The number of likely N-dealkylation sites (tertiary alicyclic amines) is 1. The molecule has 0 radical (unpaired) electrons. The first-order valence-corrected chi connectivity index (χ1v) is 12.7. The number of aliphatic hydroxyl groups is 1. The second-order valence-corrected chi connectivity index (χ2v) is 9.76. The summed E-state index contributed by atoms with van der Waals surface area (Å²) in [6.45, 7) is 4.43. The maximum atomic E-state index is 13.5. The van der Waals surface area contributed by atoms with E-state index in [2.05, 4.69) is 10.2 Å². The van der Waals surface area contributed by atoms with Crippen LogP contribution < -0.4 is 14.8 Å². The van der Waals surface area contributed by atoms with Crippen molar-refractivity contribution in [2.24, 2.45) is 0 Å². The van der Waals surface area contributed by atoms with Crippen LogP contribution >= 0.6 is 0 Å². The minimum Gasteiger partial charge on any atom is -0.454 e. The average Bonchev–Trinajstić information content (AvgIpc) is 3.53. The summed E-state index contributed by atoms with van der Waals surface area (Å²) < 4.78 is 22.7. The third-order valence-electron chi connectivity index (χ3n) is 7.22. The molecule has 0 bridgehead atoms. The first-order chi connectivity index (χ1) is 17.1. The van der Waals surface area contributed by atoms with Crippen molar-refractivity contribution in [3.05, 3.63) is 23.8 Å². The molecule has 2 amide bonds. The van der Waals surface area contributed by atoms with E-state index in [4.69, 9.17) is 18.9 Å². The van der Waals surface area contributed by atoms with Crippen LogP contribution in [0.5, 0.6) is 11.5 Å². The smallest absolute Gasteiger partial charge is 0.254 e. The summed E-state index contributed by atoms with van der Waals surface area (Å²) in [7, 11) is 0. The summed E-state index contributed by atoms with van der Waals surface area (Å²) >= 11 is 0. The van der Waals surface area contributed by atoms with Gasteiger partial charge in [-0.25, -0.2) is 0 Å². The molecule has 1 aromatic carbocycles. The lowest BCUT2D eigenvalue weighted by atomic mass is 9.94. The zero-order valence-corrected chi connectivity index (χ0v) is 20.0. The van der Waals surface area contributed by atoms with Gasteiger partial charge in [-0.1, -0.05) is 0 Å². The molecule has 3 fully saturated rings. The monoisotopic (exact) mass is 489 g/mol. The van der Waals surface area contributed by atoms with Crippen LogP contribution in [0.25, 0.3) is 0 Å². The molecule has 2 N–H and O–H groups in total. The largest absolute Gasteiger partial charge is 0.454 e. The van der Waals surface area contributed by atoms with Gasteiger partial charge in [0.05, 0.1) is 37.9 Å². The Morgan fingerprint density at radius 2 is 1.91 bits per heavy atom. The zero-order valence-electron chi connectivity index (χ0n) is 20.0. The summed E-state index contributed by atoms with van der Waals surface area (Å²) in [6.07, 6.45) is 2.72. The van der Waals surface area contributed by atoms with Gasteiger partial charge in [-0.15, -0.1) is 0 Å². The lowest BCUT2D eigenvalue weighted by Crippen LogP contribution is -2.57. The third-order valence-corrected chi connectivity index (χ3v) is 7.22. The Kier molecular flexibility index (Phi) is 7.72. The van der Waals surface area contributed by atoms with Crippen LogP contribution in [0.2, 0.25) is 0 Å². The highest BCUT2D eigenvalue weighted by Crippen LogP contribution is 2.34. The second-order valence-electron chi connectivity index (χ2n) is 9.76. The molecule has 10 heteroatoms. The minimum atomic E-state index is -0.784. The van der Waals surface area contributed by atoms with Gasteiger partial charge >= 0.3 is 0 Å². The topological polar surface area (TPSA) is 110 Å². The first kappa shape index (κ1) is 24.3. The highest BCUT2D eigenvalue weighted by atomic mass is 16.7. The Morgan fingerprint density at radius 3 is 2.77 bits per heavy atom. The Balaban J connectivity index is 1.20. The number of amides is 2. The van der Waals surface area contributed by atoms with Gasteiger partial charge in [-0.2, -0.15) is 0 Å². The number of nitrogens with one attached hydrogen (secondary N) is 1. The number of carbonyl (C=O) groups excluding carboxylic acids is 2. The Bertz CT molecular complexity index is 907. The van der Waals surface area contributed by atoms with Gasteiger partial charge in [0.2, 0.25) is 12.7 Å². The van der Waals surface area contributed by atoms with Crippen LogP contribution in [0, 0.1) is 0 Å². The van der Waals surface area contributed by atoms with Crippen molar-refractivity contribution in [1.82, 2.24) is 15.1 Å². The average molecular weight is 490 g/mol. The van der Waals surface area contributed by atoms with Crippen LogP contribution in [-0.2, 0) is 14.3 Å². The van der Waals surface area contributed by atoms with Crippen LogP contribution in [0.3, 0.4) is 0 Å². The second kappa shape index (κ2) is 11.1. The van der Waals surface area contributed by atoms with E-state index in [-0.39, 0.29) is 56.6 Å². The number of hydrogen-bond donors (Lipinski definition) is 2. The number of rotatable bonds is 6. The number of nitrogens with zero attached hydrogens (tertiary/aromatic N) is 2. The number of β-amino-alcohol motifs (C(OH)–C–C–N with tert-alkyl or cyclic N) is 1. The minimum absolute atomic E-state index is 0.0110. The molecule has 4 heterocycles. The van der Waals surface area contributed by atoms with Crippen molar-refractivity contribution in [2.75, 3.05) is 52.7 Å². The van der Waals surface area contributed by atoms with Gasteiger partial charge in [0.25, 0.3) is 5.91 Å². The third kappa shape index (κ3) is 5.88. The Hall–Kier alpha value is -2.40. The summed E-state index contributed by atoms with van der Waals surface area (Å²) in [5.74, 6) is 0.950. The highest BCUT2D eigenvalue weighted by Gasteiger charge is 2.40. The van der Waals surface area contributed by atoms with E-state index in [1.807, 2.05) is 0 Å². The van der Waals surface area contributed by atoms with Crippen molar-refractivity contribution in [2.45, 2.75) is 56.5 Å². The van der Waals surface area contributed by atoms with Gasteiger partial charge < -0.3 is 39.2 Å². The molecule has 0 aromatic heterocycles. The van der Waals surface area contributed by atoms with Gasteiger partial charge in [-0.3, -0.25) is 9.59 Å². The molecule has 35 heavy (non-hydrogen) atoms. The molecule has 4 atom stereocenters. The zero-order chi connectivity index (χ0) is 24.2. The van der Waals surface area contributed by atoms with Crippen molar-refractivity contribution in [3.8, 4) is 11.5 Å². The van der Waals surface area contributed by atoms with Crippen molar-refractivity contribution in [3.63, 3.8) is 0 Å². The molecular weight excluding hydrogens is 454 g/mol. The van der Waals surface area contributed by atoms with Gasteiger partial charge in [0.1, 0.15) is 6.10 Å². The molecule has 0 unspecified atom stereocenters. The van der Waals surface area contributed by atoms with Gasteiger partial charge in [0, 0.05) is 25.2 Å². The van der Waals surface area contributed by atoms with Crippen LogP contribution in [0.1, 0.15) is 42.5 Å². The van der Waals surface area contributed by atoms with Crippen molar-refractivity contribution >= 4 is 11.8 Å². The number of aliphatic hydroxyl groups excluding tert-OH is 1. The normalized spacial score (nSPS) is 28.8. The summed E-state index contributed by atoms with van der Waals surface area (Å²) in [5, 5.41) is 13.4. The molecule has 4 aliphatic heterocycles. The summed E-state index contributed by atoms with van der Waals surface area (Å²) in [5.41, 5.74) is 0.473. The molecule has 0 spiro atoms. The van der Waals surface area contributed by atoms with Gasteiger partial charge in [-0.05, 0) is 57.0 Å². The first-order valence-electron chi connectivity index (χ1n) is 12.7. The fourth-order valence-electron chi connectivity index (χ4n) is 5.41. The highest BCUT2D eigenvalue weighted by molar-refractivity contribution is 5.95. The molecule has 0 aliphatic carbocycles. The van der Waals surface area contributed by atoms with Crippen LogP contribution in [0.4, 0.5) is 0 Å². The lowest BCUT2D eigenvalue weighted by Gasteiger charge is -2.44. The predicted molar refractivity (Wildman–Crippen MR) is 125 cm³/mol. The van der Waals surface area contributed by atoms with E-state index >= 15 is 0 Å². The number of hydrogen-bond acceptors (Lipinski definition) is 8. The summed E-state index contributed by atoms with van der Waals surface area (Å²) in [6, 6.07) is 4.87. The number of benzene rings is 1. The van der Waals surface area contributed by atoms with Gasteiger partial charge in [0.15, 0.2) is 11.5 Å². The maximum Gasteiger partial charge on any atom is 0.254 e. The van der Waals surface area contributed by atoms with E-state index in [0.29, 0.717) is 42.9 Å². The molecule has 192 valence electrons. The molecule has 3 saturated heterocycles. The molecular formula is C25H35N3O7.